The van der Waals surface area contributed by atoms with Gasteiger partial charge in [-0.05, 0) is 18.2 Å². The van der Waals surface area contributed by atoms with Crippen molar-refractivity contribution < 1.29 is 23.5 Å². The van der Waals surface area contributed by atoms with Gasteiger partial charge in [0.1, 0.15) is 11.6 Å². The molecule has 0 saturated carbocycles. The van der Waals surface area contributed by atoms with Crippen molar-refractivity contribution in [3.8, 4) is 11.6 Å². The molecule has 9 heteroatoms. The number of carbonyl (C=O) groups is 2. The lowest BCUT2D eigenvalue weighted by atomic mass is 10.3. The number of rotatable bonds is 10. The lowest BCUT2D eigenvalue weighted by Crippen LogP contribution is -2.32. The Morgan fingerprint density at radius 1 is 1.14 bits per heavy atom. The summed E-state index contributed by atoms with van der Waals surface area (Å²) >= 11 is 5.57. The first-order chi connectivity index (χ1) is 13.4. The van der Waals surface area contributed by atoms with Gasteiger partial charge in [0, 0.05) is 37.0 Å². The second-order valence-electron chi connectivity index (χ2n) is 5.57. The van der Waals surface area contributed by atoms with Crippen LogP contribution >= 0.6 is 11.6 Å². The third-order valence-corrected chi connectivity index (χ3v) is 3.62. The van der Waals surface area contributed by atoms with E-state index in [1.54, 1.807) is 24.4 Å². The molecule has 0 radical (unpaired) electrons. The van der Waals surface area contributed by atoms with Crippen LogP contribution in [0.2, 0.25) is 5.02 Å². The standard InChI is InChI=1S/C19H19ClFN3O4/c1-13(7-9-22-17(25)11-28-19-4-2-3-8-23-19)24-18(26)12-27-14-5-6-15(20)16(21)10-14/h2-6,8,10H,1,7,9,11-12H2,(H,22,25)(H,24,26). The van der Waals surface area contributed by atoms with Crippen LogP contribution in [0.15, 0.2) is 54.9 Å². The lowest BCUT2D eigenvalue weighted by Gasteiger charge is -2.11. The maximum absolute atomic E-state index is 13.3. The second kappa shape index (κ2) is 10.9. The Morgan fingerprint density at radius 3 is 2.64 bits per heavy atom. The largest absolute Gasteiger partial charge is 0.484 e. The Labute approximate surface area is 166 Å². The molecule has 1 aromatic carbocycles. The second-order valence-corrected chi connectivity index (χ2v) is 5.98. The summed E-state index contributed by atoms with van der Waals surface area (Å²) in [7, 11) is 0. The predicted molar refractivity (Wildman–Crippen MR) is 102 cm³/mol. The van der Waals surface area contributed by atoms with Crippen molar-refractivity contribution in [2.75, 3.05) is 19.8 Å². The fourth-order valence-corrected chi connectivity index (χ4v) is 2.10. The zero-order valence-corrected chi connectivity index (χ0v) is 15.7. The van der Waals surface area contributed by atoms with E-state index in [9.17, 15) is 14.0 Å². The summed E-state index contributed by atoms with van der Waals surface area (Å²) in [5.41, 5.74) is 0.404. The molecule has 2 N–H and O–H groups in total. The third-order valence-electron chi connectivity index (χ3n) is 3.32. The van der Waals surface area contributed by atoms with Gasteiger partial charge in [0.15, 0.2) is 13.2 Å². The average Bonchev–Trinajstić information content (AvgIpc) is 2.68. The van der Waals surface area contributed by atoms with E-state index in [0.717, 1.165) is 6.07 Å². The molecule has 28 heavy (non-hydrogen) atoms. The van der Waals surface area contributed by atoms with Crippen molar-refractivity contribution in [2.45, 2.75) is 6.42 Å². The van der Waals surface area contributed by atoms with Gasteiger partial charge in [0.2, 0.25) is 5.88 Å². The van der Waals surface area contributed by atoms with Crippen molar-refractivity contribution in [2.24, 2.45) is 0 Å². The highest BCUT2D eigenvalue weighted by Gasteiger charge is 2.08. The summed E-state index contributed by atoms with van der Waals surface area (Å²) in [5.74, 6) is -0.868. The minimum atomic E-state index is -0.633. The van der Waals surface area contributed by atoms with Crippen LogP contribution in [0, 0.1) is 5.82 Å². The van der Waals surface area contributed by atoms with E-state index in [2.05, 4.69) is 22.2 Å². The predicted octanol–water partition coefficient (Wildman–Crippen LogP) is 2.47. The van der Waals surface area contributed by atoms with Crippen LogP contribution in [0.4, 0.5) is 4.39 Å². The number of carbonyl (C=O) groups excluding carboxylic acids is 2. The number of benzene rings is 1. The Kier molecular flexibility index (Phi) is 8.23. The molecule has 1 heterocycles. The van der Waals surface area contributed by atoms with Gasteiger partial charge in [-0.2, -0.15) is 0 Å². The first-order valence-electron chi connectivity index (χ1n) is 8.30. The van der Waals surface area contributed by atoms with Crippen LogP contribution in [0.25, 0.3) is 0 Å². The molecule has 0 aliphatic carbocycles. The molecule has 0 spiro atoms. The van der Waals surface area contributed by atoms with Gasteiger partial charge in [-0.3, -0.25) is 9.59 Å². The van der Waals surface area contributed by atoms with Gasteiger partial charge < -0.3 is 20.1 Å². The van der Waals surface area contributed by atoms with Crippen molar-refractivity contribution in [1.82, 2.24) is 15.6 Å². The monoisotopic (exact) mass is 407 g/mol. The first-order valence-corrected chi connectivity index (χ1v) is 8.68. The molecule has 2 aromatic rings. The minimum absolute atomic E-state index is 0.0299. The zero-order valence-electron chi connectivity index (χ0n) is 14.9. The van der Waals surface area contributed by atoms with E-state index in [1.165, 1.54) is 12.1 Å². The van der Waals surface area contributed by atoms with E-state index >= 15 is 0 Å². The Bertz CT molecular complexity index is 833. The van der Waals surface area contributed by atoms with Gasteiger partial charge in [-0.25, -0.2) is 9.37 Å². The molecule has 0 saturated heterocycles. The molecule has 0 atom stereocenters. The smallest absolute Gasteiger partial charge is 0.262 e. The van der Waals surface area contributed by atoms with Gasteiger partial charge in [0.25, 0.3) is 11.8 Å². The molecule has 7 nitrogen and oxygen atoms in total. The number of ether oxygens (including phenoxy) is 2. The summed E-state index contributed by atoms with van der Waals surface area (Å²) in [5, 5.41) is 5.14. The normalized spacial score (nSPS) is 10.1. The summed E-state index contributed by atoms with van der Waals surface area (Å²) in [6.07, 6.45) is 1.89. The molecular formula is C19H19ClFN3O4. The zero-order chi connectivity index (χ0) is 20.4. The molecule has 2 rings (SSSR count). The summed E-state index contributed by atoms with van der Waals surface area (Å²) in [6, 6.07) is 9.02. The van der Waals surface area contributed by atoms with E-state index in [4.69, 9.17) is 21.1 Å². The highest BCUT2D eigenvalue weighted by Crippen LogP contribution is 2.20. The van der Waals surface area contributed by atoms with Gasteiger partial charge in [-0.15, -0.1) is 0 Å². The highest BCUT2D eigenvalue weighted by atomic mass is 35.5. The van der Waals surface area contributed by atoms with E-state index < -0.39 is 11.7 Å². The van der Waals surface area contributed by atoms with Crippen LogP contribution in [0.3, 0.4) is 0 Å². The molecular weight excluding hydrogens is 389 g/mol. The summed E-state index contributed by atoms with van der Waals surface area (Å²) in [4.78, 5) is 27.4. The van der Waals surface area contributed by atoms with Crippen LogP contribution < -0.4 is 20.1 Å². The maximum Gasteiger partial charge on any atom is 0.262 e. The number of aromatic nitrogens is 1. The molecule has 0 fully saturated rings. The fraction of sp³-hybridized carbons (Fsp3) is 0.211. The molecule has 0 aliphatic heterocycles. The Morgan fingerprint density at radius 2 is 1.93 bits per heavy atom. The van der Waals surface area contributed by atoms with Crippen LogP contribution in [0.1, 0.15) is 6.42 Å². The minimum Gasteiger partial charge on any atom is -0.484 e. The number of nitrogens with zero attached hydrogens (tertiary/aromatic N) is 1. The van der Waals surface area contributed by atoms with Crippen molar-refractivity contribution in [3.63, 3.8) is 0 Å². The molecule has 0 bridgehead atoms. The van der Waals surface area contributed by atoms with Gasteiger partial charge >= 0.3 is 0 Å². The summed E-state index contributed by atoms with van der Waals surface area (Å²) in [6.45, 7) is 3.50. The number of nitrogens with one attached hydrogen (secondary N) is 2. The molecule has 148 valence electrons. The third kappa shape index (κ3) is 7.63. The number of halogens is 2. The average molecular weight is 408 g/mol. The SMILES string of the molecule is C=C(CCNC(=O)COc1ccccn1)NC(=O)COc1ccc(Cl)c(F)c1. The summed E-state index contributed by atoms with van der Waals surface area (Å²) < 4.78 is 23.7. The lowest BCUT2D eigenvalue weighted by molar-refractivity contribution is -0.123. The van der Waals surface area contributed by atoms with Crippen molar-refractivity contribution in [3.05, 3.63) is 65.7 Å². The molecule has 2 amide bonds. The molecule has 0 aliphatic rings. The molecule has 1 aromatic heterocycles. The number of amides is 2. The van der Waals surface area contributed by atoms with Crippen LogP contribution in [0.5, 0.6) is 11.6 Å². The van der Waals surface area contributed by atoms with Crippen molar-refractivity contribution in [1.29, 1.82) is 0 Å². The van der Waals surface area contributed by atoms with Crippen LogP contribution in [-0.2, 0) is 9.59 Å². The first kappa shape index (κ1) is 21.2. The van der Waals surface area contributed by atoms with Crippen molar-refractivity contribution >= 4 is 23.4 Å². The topological polar surface area (TPSA) is 89.5 Å². The number of hydrogen-bond donors (Lipinski definition) is 2. The Balaban J connectivity index is 1.60. The fourth-order valence-electron chi connectivity index (χ4n) is 1.99. The van der Waals surface area contributed by atoms with Gasteiger partial charge in [0.05, 0.1) is 5.02 Å². The maximum atomic E-state index is 13.3. The number of hydrogen-bond acceptors (Lipinski definition) is 5. The highest BCUT2D eigenvalue weighted by molar-refractivity contribution is 6.30. The number of pyridine rings is 1. The van der Waals surface area contributed by atoms with E-state index in [1.807, 2.05) is 0 Å². The van der Waals surface area contributed by atoms with E-state index in [0.29, 0.717) is 18.0 Å². The quantitative estimate of drug-likeness (QED) is 0.631. The molecule has 0 unspecified atom stereocenters. The van der Waals surface area contributed by atoms with Crippen LogP contribution in [-0.4, -0.2) is 36.6 Å². The Hall–Kier alpha value is -3.13. The van der Waals surface area contributed by atoms with E-state index in [-0.39, 0.29) is 36.4 Å². The van der Waals surface area contributed by atoms with Gasteiger partial charge in [-0.1, -0.05) is 24.2 Å².